The van der Waals surface area contributed by atoms with E-state index in [0.29, 0.717) is 5.02 Å². The Labute approximate surface area is 84.0 Å². The van der Waals surface area contributed by atoms with Crippen LogP contribution in [-0.4, -0.2) is 13.2 Å². The minimum Gasteiger partial charge on any atom is -0.381 e. The highest BCUT2D eigenvalue weighted by molar-refractivity contribution is 9.10. The maximum atomic E-state index is 11.8. The predicted molar refractivity (Wildman–Crippen MR) is 53.6 cm³/mol. The first-order valence-corrected chi connectivity index (χ1v) is 4.66. The summed E-state index contributed by atoms with van der Waals surface area (Å²) in [5.41, 5.74) is 0.753. The average molecular weight is 253 g/mol. The summed E-state index contributed by atoms with van der Waals surface area (Å²) in [6.45, 7) is -0.112. The Kier molecular flexibility index (Phi) is 3.82. The van der Waals surface area contributed by atoms with Crippen molar-refractivity contribution in [2.75, 3.05) is 18.5 Å². The number of anilines is 1. The van der Waals surface area contributed by atoms with Gasteiger partial charge in [0.1, 0.15) is 6.67 Å². The molecule has 0 atom stereocenters. The van der Waals surface area contributed by atoms with Crippen LogP contribution in [0.3, 0.4) is 0 Å². The van der Waals surface area contributed by atoms with Crippen molar-refractivity contribution in [1.29, 1.82) is 0 Å². The molecule has 0 aliphatic carbocycles. The summed E-state index contributed by atoms with van der Waals surface area (Å²) in [7, 11) is 0. The predicted octanol–water partition coefficient (Wildman–Crippen LogP) is 3.48. The molecule has 0 saturated carbocycles. The van der Waals surface area contributed by atoms with Gasteiger partial charge in [-0.05, 0) is 18.2 Å². The standard InChI is InChI=1S/C8H8BrClFN/c9-6-1-2-7(10)8(5-6)12-4-3-11/h1-2,5,12H,3-4H2. The van der Waals surface area contributed by atoms with Gasteiger partial charge in [0.15, 0.2) is 0 Å². The molecule has 4 heteroatoms. The van der Waals surface area contributed by atoms with Gasteiger partial charge in [-0.15, -0.1) is 0 Å². The monoisotopic (exact) mass is 251 g/mol. The second-order valence-electron chi connectivity index (χ2n) is 2.24. The normalized spacial score (nSPS) is 9.92. The van der Waals surface area contributed by atoms with E-state index in [9.17, 15) is 4.39 Å². The van der Waals surface area contributed by atoms with Crippen molar-refractivity contribution in [3.05, 3.63) is 27.7 Å². The second-order valence-corrected chi connectivity index (χ2v) is 3.56. The van der Waals surface area contributed by atoms with E-state index in [2.05, 4.69) is 21.2 Å². The zero-order valence-corrected chi connectivity index (χ0v) is 8.62. The SMILES string of the molecule is FCCNc1cc(Br)ccc1Cl. The molecule has 0 fully saturated rings. The van der Waals surface area contributed by atoms with Crippen LogP contribution in [0.25, 0.3) is 0 Å². The van der Waals surface area contributed by atoms with Crippen LogP contribution in [-0.2, 0) is 0 Å². The molecule has 1 aromatic rings. The Morgan fingerprint density at radius 1 is 1.50 bits per heavy atom. The molecular formula is C8H8BrClFN. The Hall–Kier alpha value is -0.280. The van der Waals surface area contributed by atoms with E-state index in [0.717, 1.165) is 10.2 Å². The topological polar surface area (TPSA) is 12.0 Å². The molecule has 1 N–H and O–H groups in total. The lowest BCUT2D eigenvalue weighted by molar-refractivity contribution is 0.513. The highest BCUT2D eigenvalue weighted by atomic mass is 79.9. The van der Waals surface area contributed by atoms with Crippen LogP contribution in [0.2, 0.25) is 5.02 Å². The fourth-order valence-corrected chi connectivity index (χ4v) is 1.36. The van der Waals surface area contributed by atoms with E-state index in [1.165, 1.54) is 0 Å². The summed E-state index contributed by atoms with van der Waals surface area (Å²) < 4.78 is 12.7. The van der Waals surface area contributed by atoms with E-state index in [1.807, 2.05) is 12.1 Å². The molecule has 0 amide bonds. The summed E-state index contributed by atoms with van der Waals surface area (Å²) in [6, 6.07) is 5.41. The van der Waals surface area contributed by atoms with Crippen molar-refractivity contribution in [1.82, 2.24) is 0 Å². The third-order valence-corrected chi connectivity index (χ3v) is 2.16. The van der Waals surface area contributed by atoms with Gasteiger partial charge in [0.25, 0.3) is 0 Å². The highest BCUT2D eigenvalue weighted by Gasteiger charge is 1.98. The van der Waals surface area contributed by atoms with Crippen molar-refractivity contribution < 1.29 is 4.39 Å². The van der Waals surface area contributed by atoms with Gasteiger partial charge in [0, 0.05) is 11.0 Å². The van der Waals surface area contributed by atoms with Crippen molar-refractivity contribution in [2.24, 2.45) is 0 Å². The largest absolute Gasteiger partial charge is 0.381 e. The van der Waals surface area contributed by atoms with Crippen LogP contribution >= 0.6 is 27.5 Å². The quantitative estimate of drug-likeness (QED) is 0.868. The van der Waals surface area contributed by atoms with Crippen LogP contribution in [0.1, 0.15) is 0 Å². The molecule has 0 aliphatic rings. The molecule has 0 saturated heterocycles. The molecule has 1 rings (SSSR count). The van der Waals surface area contributed by atoms with E-state index < -0.39 is 6.67 Å². The van der Waals surface area contributed by atoms with Crippen LogP contribution in [0, 0.1) is 0 Å². The summed E-state index contributed by atoms with van der Waals surface area (Å²) in [4.78, 5) is 0. The van der Waals surface area contributed by atoms with E-state index in [-0.39, 0.29) is 6.54 Å². The van der Waals surface area contributed by atoms with E-state index in [1.54, 1.807) is 6.07 Å². The number of hydrogen-bond acceptors (Lipinski definition) is 1. The van der Waals surface area contributed by atoms with Gasteiger partial charge in [-0.3, -0.25) is 0 Å². The lowest BCUT2D eigenvalue weighted by Gasteiger charge is -2.05. The number of alkyl halides is 1. The zero-order chi connectivity index (χ0) is 8.97. The molecule has 0 bridgehead atoms. The lowest BCUT2D eigenvalue weighted by atomic mass is 10.3. The summed E-state index contributed by atoms with van der Waals surface area (Å²) in [5, 5.41) is 3.47. The number of halogens is 3. The van der Waals surface area contributed by atoms with Crippen LogP contribution < -0.4 is 5.32 Å². The third-order valence-electron chi connectivity index (χ3n) is 1.34. The van der Waals surface area contributed by atoms with Gasteiger partial charge in [0.05, 0.1) is 10.7 Å². The van der Waals surface area contributed by atoms with Crippen LogP contribution in [0.4, 0.5) is 10.1 Å². The Morgan fingerprint density at radius 2 is 2.25 bits per heavy atom. The summed E-state index contributed by atoms with van der Waals surface area (Å²) >= 11 is 9.12. The number of nitrogens with one attached hydrogen (secondary N) is 1. The van der Waals surface area contributed by atoms with Gasteiger partial charge in [0.2, 0.25) is 0 Å². The van der Waals surface area contributed by atoms with Crippen molar-refractivity contribution in [3.63, 3.8) is 0 Å². The average Bonchev–Trinajstić information content (AvgIpc) is 2.07. The minimum atomic E-state index is -0.400. The number of hydrogen-bond donors (Lipinski definition) is 1. The van der Waals surface area contributed by atoms with Gasteiger partial charge < -0.3 is 5.32 Å². The van der Waals surface area contributed by atoms with Crippen molar-refractivity contribution in [3.8, 4) is 0 Å². The zero-order valence-electron chi connectivity index (χ0n) is 6.28. The molecule has 0 aromatic heterocycles. The molecular weight excluding hydrogens is 244 g/mol. The molecule has 0 aliphatic heterocycles. The third kappa shape index (κ3) is 2.64. The number of benzene rings is 1. The van der Waals surface area contributed by atoms with E-state index >= 15 is 0 Å². The van der Waals surface area contributed by atoms with E-state index in [4.69, 9.17) is 11.6 Å². The summed E-state index contributed by atoms with van der Waals surface area (Å²) in [6.07, 6.45) is 0. The molecule has 0 spiro atoms. The highest BCUT2D eigenvalue weighted by Crippen LogP contribution is 2.25. The Bertz CT molecular complexity index is 267. The minimum absolute atomic E-state index is 0.288. The smallest absolute Gasteiger partial charge is 0.107 e. The second kappa shape index (κ2) is 4.67. The fourth-order valence-electron chi connectivity index (χ4n) is 0.815. The van der Waals surface area contributed by atoms with Gasteiger partial charge >= 0.3 is 0 Å². The van der Waals surface area contributed by atoms with Crippen LogP contribution in [0.5, 0.6) is 0 Å². The number of rotatable bonds is 3. The van der Waals surface area contributed by atoms with Gasteiger partial charge in [-0.25, -0.2) is 4.39 Å². The van der Waals surface area contributed by atoms with Gasteiger partial charge in [-0.1, -0.05) is 27.5 Å². The van der Waals surface area contributed by atoms with Gasteiger partial charge in [-0.2, -0.15) is 0 Å². The van der Waals surface area contributed by atoms with Crippen LogP contribution in [0.15, 0.2) is 22.7 Å². The maximum Gasteiger partial charge on any atom is 0.107 e. The fraction of sp³-hybridized carbons (Fsp3) is 0.250. The van der Waals surface area contributed by atoms with Crippen molar-refractivity contribution >= 4 is 33.2 Å². The maximum absolute atomic E-state index is 11.8. The first kappa shape index (κ1) is 9.81. The Morgan fingerprint density at radius 3 is 2.92 bits per heavy atom. The first-order valence-electron chi connectivity index (χ1n) is 3.49. The molecule has 0 unspecified atom stereocenters. The first-order chi connectivity index (χ1) is 5.74. The molecule has 1 aromatic carbocycles. The van der Waals surface area contributed by atoms with Crippen molar-refractivity contribution in [2.45, 2.75) is 0 Å². The molecule has 1 nitrogen and oxygen atoms in total. The lowest BCUT2D eigenvalue weighted by Crippen LogP contribution is -2.03. The Balaban J connectivity index is 2.75. The molecule has 0 radical (unpaired) electrons. The molecule has 66 valence electrons. The molecule has 12 heavy (non-hydrogen) atoms. The summed E-state index contributed by atoms with van der Waals surface area (Å²) in [5.74, 6) is 0. The molecule has 0 heterocycles.